The molecule has 0 bridgehead atoms. The number of fused-ring (bicyclic) bond motifs is 1. The standard InChI is InChI=1S/C21H23F3N2/c1-13-11-14(2)19-17(12-13)15(7-5-6-10-25)20(26-19)16-8-3-4-9-18(16)21(22,23)24/h3-4,8-9,11-12,26H,5-7,10,25H2,1-2H3. The number of hydrogen-bond donors (Lipinski definition) is 2. The first-order valence-electron chi connectivity index (χ1n) is 8.81. The van der Waals surface area contributed by atoms with Gasteiger partial charge in [-0.2, -0.15) is 13.2 Å². The van der Waals surface area contributed by atoms with E-state index in [0.717, 1.165) is 46.5 Å². The van der Waals surface area contributed by atoms with Gasteiger partial charge >= 0.3 is 6.18 Å². The molecule has 0 saturated carbocycles. The minimum atomic E-state index is -4.40. The third-order valence-electron chi connectivity index (χ3n) is 4.74. The highest BCUT2D eigenvalue weighted by molar-refractivity contribution is 5.93. The monoisotopic (exact) mass is 360 g/mol. The molecule has 0 unspecified atom stereocenters. The summed E-state index contributed by atoms with van der Waals surface area (Å²) in [6, 6.07) is 9.86. The summed E-state index contributed by atoms with van der Waals surface area (Å²) in [5.41, 5.74) is 9.75. The highest BCUT2D eigenvalue weighted by Gasteiger charge is 2.34. The van der Waals surface area contributed by atoms with Gasteiger partial charge < -0.3 is 10.7 Å². The molecule has 0 fully saturated rings. The number of unbranched alkanes of at least 4 members (excludes halogenated alkanes) is 1. The van der Waals surface area contributed by atoms with Crippen LogP contribution in [0.4, 0.5) is 13.2 Å². The van der Waals surface area contributed by atoms with E-state index in [-0.39, 0.29) is 5.56 Å². The molecule has 3 rings (SSSR count). The number of H-pyrrole nitrogens is 1. The molecule has 26 heavy (non-hydrogen) atoms. The van der Waals surface area contributed by atoms with E-state index in [0.29, 0.717) is 18.7 Å². The Kier molecular flexibility index (Phi) is 5.10. The van der Waals surface area contributed by atoms with Gasteiger partial charge in [-0.3, -0.25) is 0 Å². The summed E-state index contributed by atoms with van der Waals surface area (Å²) >= 11 is 0. The Labute approximate surface area is 151 Å². The van der Waals surface area contributed by atoms with Gasteiger partial charge in [-0.05, 0) is 62.9 Å². The first kappa shape index (κ1) is 18.5. The Hall–Kier alpha value is -2.27. The van der Waals surface area contributed by atoms with Gasteiger partial charge in [0.25, 0.3) is 0 Å². The molecule has 0 amide bonds. The Morgan fingerprint density at radius 1 is 1.04 bits per heavy atom. The topological polar surface area (TPSA) is 41.8 Å². The minimum Gasteiger partial charge on any atom is -0.354 e. The molecule has 0 atom stereocenters. The zero-order valence-corrected chi connectivity index (χ0v) is 15.0. The summed E-state index contributed by atoms with van der Waals surface area (Å²) in [6.45, 7) is 4.57. The van der Waals surface area contributed by atoms with Crippen molar-refractivity contribution in [1.82, 2.24) is 4.98 Å². The quantitative estimate of drug-likeness (QED) is 0.559. The Morgan fingerprint density at radius 3 is 2.46 bits per heavy atom. The fraction of sp³-hybridized carbons (Fsp3) is 0.333. The molecule has 0 spiro atoms. The normalized spacial score (nSPS) is 12.1. The number of nitrogens with one attached hydrogen (secondary N) is 1. The summed E-state index contributed by atoms with van der Waals surface area (Å²) in [6.07, 6.45) is -2.01. The molecule has 3 N–H and O–H groups in total. The number of aromatic nitrogens is 1. The van der Waals surface area contributed by atoms with Crippen LogP contribution in [0.3, 0.4) is 0 Å². The van der Waals surface area contributed by atoms with E-state index in [1.807, 2.05) is 19.9 Å². The lowest BCUT2D eigenvalue weighted by Crippen LogP contribution is -2.07. The molecular formula is C21H23F3N2. The third-order valence-corrected chi connectivity index (χ3v) is 4.74. The predicted molar refractivity (Wildman–Crippen MR) is 100 cm³/mol. The maximum absolute atomic E-state index is 13.5. The highest BCUT2D eigenvalue weighted by Crippen LogP contribution is 2.40. The van der Waals surface area contributed by atoms with Crippen LogP contribution in [0, 0.1) is 13.8 Å². The molecular weight excluding hydrogens is 337 g/mol. The van der Waals surface area contributed by atoms with Crippen molar-refractivity contribution < 1.29 is 13.2 Å². The number of aromatic amines is 1. The zero-order valence-electron chi connectivity index (χ0n) is 15.0. The molecule has 1 aromatic heterocycles. The molecule has 0 aliphatic rings. The van der Waals surface area contributed by atoms with E-state index in [4.69, 9.17) is 5.73 Å². The average molecular weight is 360 g/mol. The molecule has 138 valence electrons. The number of rotatable bonds is 5. The van der Waals surface area contributed by atoms with Gasteiger partial charge in [0, 0.05) is 16.5 Å². The van der Waals surface area contributed by atoms with E-state index >= 15 is 0 Å². The molecule has 2 nitrogen and oxygen atoms in total. The number of benzene rings is 2. The van der Waals surface area contributed by atoms with Crippen molar-refractivity contribution in [2.75, 3.05) is 6.54 Å². The van der Waals surface area contributed by atoms with Crippen LogP contribution in [0.2, 0.25) is 0 Å². The van der Waals surface area contributed by atoms with Gasteiger partial charge in [-0.25, -0.2) is 0 Å². The predicted octanol–water partition coefficient (Wildman–Crippen LogP) is 5.75. The fourth-order valence-electron chi connectivity index (χ4n) is 3.59. The molecule has 0 aliphatic carbocycles. The number of nitrogens with two attached hydrogens (primary N) is 1. The van der Waals surface area contributed by atoms with Gasteiger partial charge in [0.05, 0.1) is 11.3 Å². The third kappa shape index (κ3) is 3.49. The van der Waals surface area contributed by atoms with E-state index in [2.05, 4.69) is 11.1 Å². The summed E-state index contributed by atoms with van der Waals surface area (Å²) in [5.74, 6) is 0. The molecule has 3 aromatic rings. The van der Waals surface area contributed by atoms with Crippen molar-refractivity contribution in [1.29, 1.82) is 0 Å². The van der Waals surface area contributed by atoms with Crippen LogP contribution in [-0.4, -0.2) is 11.5 Å². The molecule has 1 heterocycles. The van der Waals surface area contributed by atoms with Gasteiger partial charge in [0.1, 0.15) is 0 Å². The Balaban J connectivity index is 2.26. The van der Waals surface area contributed by atoms with Crippen LogP contribution in [-0.2, 0) is 12.6 Å². The van der Waals surface area contributed by atoms with Crippen molar-refractivity contribution in [2.45, 2.75) is 39.3 Å². The van der Waals surface area contributed by atoms with E-state index < -0.39 is 11.7 Å². The van der Waals surface area contributed by atoms with Crippen molar-refractivity contribution >= 4 is 10.9 Å². The van der Waals surface area contributed by atoms with Crippen LogP contribution >= 0.6 is 0 Å². The SMILES string of the molecule is Cc1cc(C)c2[nH]c(-c3ccccc3C(F)(F)F)c(CCCCN)c2c1. The maximum atomic E-state index is 13.5. The molecule has 5 heteroatoms. The molecule has 0 aliphatic heterocycles. The highest BCUT2D eigenvalue weighted by atomic mass is 19.4. The number of aryl methyl sites for hydroxylation is 3. The number of hydrogen-bond acceptors (Lipinski definition) is 1. The van der Waals surface area contributed by atoms with Crippen molar-refractivity contribution in [3.05, 3.63) is 58.7 Å². The molecule has 2 aromatic carbocycles. The van der Waals surface area contributed by atoms with Crippen LogP contribution in [0.1, 0.15) is 35.1 Å². The second-order valence-electron chi connectivity index (χ2n) is 6.77. The minimum absolute atomic E-state index is 0.205. The first-order chi connectivity index (χ1) is 12.3. The largest absolute Gasteiger partial charge is 0.417 e. The van der Waals surface area contributed by atoms with Gasteiger partial charge in [0.15, 0.2) is 0 Å². The average Bonchev–Trinajstić information content (AvgIpc) is 2.93. The second kappa shape index (κ2) is 7.16. The van der Waals surface area contributed by atoms with Crippen molar-refractivity contribution in [3.8, 4) is 11.3 Å². The van der Waals surface area contributed by atoms with Gasteiger partial charge in [-0.15, -0.1) is 0 Å². The summed E-state index contributed by atoms with van der Waals surface area (Å²) in [5, 5.41) is 1.01. The number of alkyl halides is 3. The van der Waals surface area contributed by atoms with Crippen molar-refractivity contribution in [2.24, 2.45) is 5.73 Å². The molecule has 0 saturated heterocycles. The van der Waals surface area contributed by atoms with Crippen molar-refractivity contribution in [3.63, 3.8) is 0 Å². The fourth-order valence-corrected chi connectivity index (χ4v) is 3.59. The van der Waals surface area contributed by atoms with Gasteiger partial charge in [0.2, 0.25) is 0 Å². The van der Waals surface area contributed by atoms with Crippen LogP contribution in [0.25, 0.3) is 22.2 Å². The van der Waals surface area contributed by atoms with E-state index in [9.17, 15) is 13.2 Å². The van der Waals surface area contributed by atoms with Gasteiger partial charge in [-0.1, -0.05) is 29.8 Å². The lowest BCUT2D eigenvalue weighted by Gasteiger charge is -2.13. The Morgan fingerprint density at radius 2 is 1.77 bits per heavy atom. The van der Waals surface area contributed by atoms with Crippen LogP contribution in [0.5, 0.6) is 0 Å². The van der Waals surface area contributed by atoms with E-state index in [1.54, 1.807) is 12.1 Å². The van der Waals surface area contributed by atoms with E-state index in [1.165, 1.54) is 6.07 Å². The summed E-state index contributed by atoms with van der Waals surface area (Å²) in [7, 11) is 0. The Bertz CT molecular complexity index is 923. The van der Waals surface area contributed by atoms with Crippen LogP contribution in [0.15, 0.2) is 36.4 Å². The summed E-state index contributed by atoms with van der Waals surface area (Å²) < 4.78 is 40.6. The van der Waals surface area contributed by atoms with Crippen LogP contribution < -0.4 is 5.73 Å². The number of halogens is 3. The second-order valence-corrected chi connectivity index (χ2v) is 6.77. The first-order valence-corrected chi connectivity index (χ1v) is 8.81. The lowest BCUT2D eigenvalue weighted by atomic mass is 9.96. The molecule has 0 radical (unpaired) electrons. The maximum Gasteiger partial charge on any atom is 0.417 e. The smallest absolute Gasteiger partial charge is 0.354 e. The lowest BCUT2D eigenvalue weighted by molar-refractivity contribution is -0.137. The summed E-state index contributed by atoms with van der Waals surface area (Å²) in [4.78, 5) is 3.28. The zero-order chi connectivity index (χ0) is 18.9.